The van der Waals surface area contributed by atoms with E-state index in [4.69, 9.17) is 4.74 Å². The van der Waals surface area contributed by atoms with E-state index in [0.29, 0.717) is 24.6 Å². The molecule has 0 saturated carbocycles. The normalized spacial score (nSPS) is 26.7. The Bertz CT molecular complexity index is 450. The fourth-order valence-electron chi connectivity index (χ4n) is 4.70. The summed E-state index contributed by atoms with van der Waals surface area (Å²) in [6.45, 7) is 15.6. The highest BCUT2D eigenvalue weighted by atomic mass is 16.5. The lowest BCUT2D eigenvalue weighted by molar-refractivity contribution is -0.164. The van der Waals surface area contributed by atoms with Gasteiger partial charge in [0.1, 0.15) is 0 Å². The minimum Gasteiger partial charge on any atom is -0.371 e. The molecule has 3 fully saturated rings. The van der Waals surface area contributed by atoms with Crippen LogP contribution in [0, 0.1) is 5.92 Å². The zero-order chi connectivity index (χ0) is 18.0. The van der Waals surface area contributed by atoms with Gasteiger partial charge >= 0.3 is 0 Å². The first-order valence-corrected chi connectivity index (χ1v) is 10.3. The van der Waals surface area contributed by atoms with Crippen molar-refractivity contribution < 1.29 is 9.53 Å². The summed E-state index contributed by atoms with van der Waals surface area (Å²) in [5, 5.41) is 0. The molecule has 3 heterocycles. The Kier molecular flexibility index (Phi) is 6.07. The first kappa shape index (κ1) is 19.1. The first-order valence-electron chi connectivity index (χ1n) is 10.3. The number of amides is 1. The molecule has 0 bridgehead atoms. The van der Waals surface area contributed by atoms with Gasteiger partial charge in [-0.05, 0) is 66.5 Å². The summed E-state index contributed by atoms with van der Waals surface area (Å²) in [4.78, 5) is 20.2. The van der Waals surface area contributed by atoms with Crippen molar-refractivity contribution in [2.24, 2.45) is 5.92 Å². The molecule has 25 heavy (non-hydrogen) atoms. The Hall–Kier alpha value is -0.650. The standard InChI is InChI=1S/C20H37N3O2/c1-16(2)21-9-5-18(6-10-21)19(24)23-13-14-25-20(15-23)7-11-22(12-8-20)17(3)4/h16-18H,5-15H2,1-4H3. The van der Waals surface area contributed by atoms with Crippen molar-refractivity contribution in [1.82, 2.24) is 14.7 Å². The summed E-state index contributed by atoms with van der Waals surface area (Å²) < 4.78 is 6.22. The van der Waals surface area contributed by atoms with Gasteiger partial charge in [-0.1, -0.05) is 0 Å². The van der Waals surface area contributed by atoms with E-state index in [2.05, 4.69) is 42.4 Å². The van der Waals surface area contributed by atoms with Crippen molar-refractivity contribution in [1.29, 1.82) is 0 Å². The van der Waals surface area contributed by atoms with Crippen LogP contribution in [0.1, 0.15) is 53.4 Å². The smallest absolute Gasteiger partial charge is 0.225 e. The Morgan fingerprint density at radius 3 is 2.04 bits per heavy atom. The van der Waals surface area contributed by atoms with Gasteiger partial charge in [0.2, 0.25) is 5.91 Å². The molecule has 1 amide bonds. The molecule has 3 rings (SSSR count). The number of ether oxygens (including phenoxy) is 1. The molecule has 0 aromatic carbocycles. The van der Waals surface area contributed by atoms with E-state index >= 15 is 0 Å². The highest BCUT2D eigenvalue weighted by molar-refractivity contribution is 5.79. The zero-order valence-electron chi connectivity index (χ0n) is 16.7. The molecule has 3 saturated heterocycles. The Balaban J connectivity index is 1.54. The fourth-order valence-corrected chi connectivity index (χ4v) is 4.70. The largest absolute Gasteiger partial charge is 0.371 e. The van der Waals surface area contributed by atoms with Crippen LogP contribution in [0.25, 0.3) is 0 Å². The summed E-state index contributed by atoms with van der Waals surface area (Å²) in [6.07, 6.45) is 4.15. The van der Waals surface area contributed by atoms with Gasteiger partial charge in [0.15, 0.2) is 0 Å². The van der Waals surface area contributed by atoms with Crippen molar-refractivity contribution in [2.75, 3.05) is 45.9 Å². The van der Waals surface area contributed by atoms with Crippen molar-refractivity contribution in [3.05, 3.63) is 0 Å². The number of rotatable bonds is 3. The lowest BCUT2D eigenvalue weighted by Crippen LogP contribution is -2.59. The molecule has 0 aromatic heterocycles. The summed E-state index contributed by atoms with van der Waals surface area (Å²) in [7, 11) is 0. The molecule has 0 N–H and O–H groups in total. The van der Waals surface area contributed by atoms with Gasteiger partial charge in [0, 0.05) is 44.2 Å². The maximum Gasteiger partial charge on any atom is 0.225 e. The molecule has 0 atom stereocenters. The van der Waals surface area contributed by atoms with Crippen LogP contribution in [0.5, 0.6) is 0 Å². The third-order valence-electron chi connectivity index (χ3n) is 6.61. The number of piperidine rings is 2. The SMILES string of the molecule is CC(C)N1CCC(C(=O)N2CCOC3(CCN(C(C)C)CC3)C2)CC1. The summed E-state index contributed by atoms with van der Waals surface area (Å²) >= 11 is 0. The molecule has 1 spiro atoms. The van der Waals surface area contributed by atoms with Gasteiger partial charge in [-0.2, -0.15) is 0 Å². The summed E-state index contributed by atoms with van der Waals surface area (Å²) in [6, 6.07) is 1.19. The van der Waals surface area contributed by atoms with Crippen molar-refractivity contribution >= 4 is 5.91 Å². The van der Waals surface area contributed by atoms with E-state index in [1.165, 1.54) is 0 Å². The lowest BCUT2D eigenvalue weighted by atomic mass is 9.87. The molecule has 0 unspecified atom stereocenters. The van der Waals surface area contributed by atoms with Gasteiger partial charge in [-0.25, -0.2) is 0 Å². The molecule has 0 aliphatic carbocycles. The van der Waals surface area contributed by atoms with E-state index < -0.39 is 0 Å². The third-order valence-corrected chi connectivity index (χ3v) is 6.61. The van der Waals surface area contributed by atoms with Gasteiger partial charge in [-0.3, -0.25) is 4.79 Å². The minimum atomic E-state index is -0.0854. The topological polar surface area (TPSA) is 36.0 Å². The summed E-state index contributed by atoms with van der Waals surface area (Å²) in [5.74, 6) is 0.610. The molecule has 5 heteroatoms. The number of carbonyl (C=O) groups excluding carboxylic acids is 1. The number of morpholine rings is 1. The third kappa shape index (κ3) is 4.37. The second kappa shape index (κ2) is 7.93. The van der Waals surface area contributed by atoms with Crippen LogP contribution in [0.15, 0.2) is 0 Å². The predicted molar refractivity (Wildman–Crippen MR) is 101 cm³/mol. The Morgan fingerprint density at radius 2 is 1.48 bits per heavy atom. The quantitative estimate of drug-likeness (QED) is 0.781. The zero-order valence-corrected chi connectivity index (χ0v) is 16.7. The van der Waals surface area contributed by atoms with Crippen LogP contribution < -0.4 is 0 Å². The molecule has 144 valence electrons. The first-order chi connectivity index (χ1) is 11.9. The number of likely N-dealkylation sites (tertiary alicyclic amines) is 2. The molecular weight excluding hydrogens is 314 g/mol. The maximum atomic E-state index is 13.1. The molecule has 0 aromatic rings. The molecule has 5 nitrogen and oxygen atoms in total. The van der Waals surface area contributed by atoms with Crippen molar-refractivity contribution in [2.45, 2.75) is 71.1 Å². The van der Waals surface area contributed by atoms with E-state index in [0.717, 1.165) is 65.0 Å². The average molecular weight is 352 g/mol. The van der Waals surface area contributed by atoms with E-state index in [9.17, 15) is 4.79 Å². The van der Waals surface area contributed by atoms with Gasteiger partial charge in [0.05, 0.1) is 12.2 Å². The molecule has 0 radical (unpaired) electrons. The average Bonchev–Trinajstić information content (AvgIpc) is 2.61. The van der Waals surface area contributed by atoms with Gasteiger partial charge in [-0.15, -0.1) is 0 Å². The van der Waals surface area contributed by atoms with Gasteiger partial charge < -0.3 is 19.4 Å². The second-order valence-corrected chi connectivity index (χ2v) is 8.82. The van der Waals surface area contributed by atoms with Crippen molar-refractivity contribution in [3.63, 3.8) is 0 Å². The van der Waals surface area contributed by atoms with E-state index in [1.807, 2.05) is 0 Å². The van der Waals surface area contributed by atoms with Crippen LogP contribution >= 0.6 is 0 Å². The van der Waals surface area contributed by atoms with Crippen molar-refractivity contribution in [3.8, 4) is 0 Å². The molecule has 3 aliphatic heterocycles. The summed E-state index contributed by atoms with van der Waals surface area (Å²) in [5.41, 5.74) is -0.0854. The van der Waals surface area contributed by atoms with Crippen LogP contribution in [-0.2, 0) is 9.53 Å². The van der Waals surface area contributed by atoms with Gasteiger partial charge in [0.25, 0.3) is 0 Å². The highest BCUT2D eigenvalue weighted by Crippen LogP contribution is 2.32. The number of nitrogens with zero attached hydrogens (tertiary/aromatic N) is 3. The van der Waals surface area contributed by atoms with Crippen LogP contribution in [0.2, 0.25) is 0 Å². The number of carbonyl (C=O) groups is 1. The van der Waals surface area contributed by atoms with Crippen LogP contribution in [0.3, 0.4) is 0 Å². The Labute approximate surface area is 153 Å². The lowest BCUT2D eigenvalue weighted by Gasteiger charge is -2.48. The van der Waals surface area contributed by atoms with Crippen LogP contribution in [-0.4, -0.2) is 84.2 Å². The Morgan fingerprint density at radius 1 is 0.920 bits per heavy atom. The van der Waals surface area contributed by atoms with E-state index in [1.54, 1.807) is 0 Å². The molecular formula is C20H37N3O2. The monoisotopic (exact) mass is 351 g/mol. The predicted octanol–water partition coefficient (Wildman–Crippen LogP) is 2.21. The van der Waals surface area contributed by atoms with Crippen LogP contribution in [0.4, 0.5) is 0 Å². The number of hydrogen-bond donors (Lipinski definition) is 0. The van der Waals surface area contributed by atoms with E-state index in [-0.39, 0.29) is 11.5 Å². The number of hydrogen-bond acceptors (Lipinski definition) is 4. The fraction of sp³-hybridized carbons (Fsp3) is 0.950. The highest BCUT2D eigenvalue weighted by Gasteiger charge is 2.42. The second-order valence-electron chi connectivity index (χ2n) is 8.82. The minimum absolute atomic E-state index is 0.0854. The maximum absolute atomic E-state index is 13.1. The molecule has 3 aliphatic rings.